The second-order valence-electron chi connectivity index (χ2n) is 7.43. The normalized spacial score (nSPS) is 13.9. The Morgan fingerprint density at radius 1 is 0.964 bits per heavy atom. The van der Waals surface area contributed by atoms with Crippen LogP contribution in [0, 0.1) is 6.92 Å². The molecule has 5 heteroatoms. The third-order valence-electron chi connectivity index (χ3n) is 5.17. The number of hydrogen-bond acceptors (Lipinski definition) is 3. The molecule has 0 atom stereocenters. The highest BCUT2D eigenvalue weighted by Crippen LogP contribution is 2.23. The van der Waals surface area contributed by atoms with E-state index in [0.717, 1.165) is 24.3 Å². The number of piperidine rings is 1. The molecule has 0 unspecified atom stereocenters. The molecular formula is C23H29N3O2. The molecule has 0 radical (unpaired) electrons. The van der Waals surface area contributed by atoms with Gasteiger partial charge in [0.2, 0.25) is 11.8 Å². The number of rotatable bonds is 6. The van der Waals surface area contributed by atoms with Crippen LogP contribution < -0.4 is 15.1 Å². The van der Waals surface area contributed by atoms with Gasteiger partial charge in [0, 0.05) is 37.9 Å². The van der Waals surface area contributed by atoms with Gasteiger partial charge < -0.3 is 15.1 Å². The number of nitrogens with zero attached hydrogens (tertiary/aromatic N) is 2. The Balaban J connectivity index is 1.60. The summed E-state index contributed by atoms with van der Waals surface area (Å²) in [6, 6.07) is 16.0. The standard InChI is InChI=1S/C23H29N3O2/c1-18-6-8-20(9-7-18)16-24-23(28)17-26(19(2)27)22-12-10-21(11-13-22)25-14-4-3-5-15-25/h6-13H,3-5,14-17H2,1-2H3,(H,24,28). The molecular weight excluding hydrogens is 350 g/mol. The second-order valence-corrected chi connectivity index (χ2v) is 7.43. The van der Waals surface area contributed by atoms with E-state index in [1.54, 1.807) is 0 Å². The van der Waals surface area contributed by atoms with Gasteiger partial charge in [-0.1, -0.05) is 29.8 Å². The van der Waals surface area contributed by atoms with Gasteiger partial charge in [0.15, 0.2) is 0 Å². The summed E-state index contributed by atoms with van der Waals surface area (Å²) in [5.74, 6) is -0.313. The maximum absolute atomic E-state index is 12.4. The number of anilines is 2. The maximum atomic E-state index is 12.4. The highest BCUT2D eigenvalue weighted by molar-refractivity contribution is 5.97. The van der Waals surface area contributed by atoms with Crippen molar-refractivity contribution in [1.82, 2.24) is 5.32 Å². The zero-order chi connectivity index (χ0) is 19.9. The van der Waals surface area contributed by atoms with Crippen LogP contribution in [0.3, 0.4) is 0 Å². The molecule has 0 aliphatic carbocycles. The molecule has 28 heavy (non-hydrogen) atoms. The fourth-order valence-electron chi connectivity index (χ4n) is 3.49. The number of amides is 2. The summed E-state index contributed by atoms with van der Waals surface area (Å²) in [7, 11) is 0. The molecule has 1 aliphatic rings. The van der Waals surface area contributed by atoms with Gasteiger partial charge in [-0.3, -0.25) is 9.59 Å². The largest absolute Gasteiger partial charge is 0.372 e. The maximum Gasteiger partial charge on any atom is 0.240 e. The molecule has 1 N–H and O–H groups in total. The lowest BCUT2D eigenvalue weighted by Crippen LogP contribution is -2.39. The Kier molecular flexibility index (Phi) is 6.69. The van der Waals surface area contributed by atoms with E-state index < -0.39 is 0 Å². The molecule has 3 rings (SSSR count). The summed E-state index contributed by atoms with van der Waals surface area (Å²) in [5.41, 5.74) is 4.15. The second kappa shape index (κ2) is 9.40. The molecule has 2 amide bonds. The number of aryl methyl sites for hydroxylation is 1. The van der Waals surface area contributed by atoms with E-state index in [2.05, 4.69) is 10.2 Å². The van der Waals surface area contributed by atoms with Crippen molar-refractivity contribution in [2.45, 2.75) is 39.7 Å². The zero-order valence-electron chi connectivity index (χ0n) is 16.8. The predicted molar refractivity (Wildman–Crippen MR) is 114 cm³/mol. The zero-order valence-corrected chi connectivity index (χ0v) is 16.8. The van der Waals surface area contributed by atoms with E-state index >= 15 is 0 Å². The van der Waals surface area contributed by atoms with Crippen molar-refractivity contribution in [3.8, 4) is 0 Å². The summed E-state index contributed by atoms with van der Waals surface area (Å²) in [5, 5.41) is 2.90. The first-order valence-corrected chi connectivity index (χ1v) is 9.98. The van der Waals surface area contributed by atoms with Crippen LogP contribution >= 0.6 is 0 Å². The molecule has 0 bridgehead atoms. The number of carbonyl (C=O) groups is 2. The van der Waals surface area contributed by atoms with Gasteiger partial charge in [-0.2, -0.15) is 0 Å². The average Bonchev–Trinajstić information content (AvgIpc) is 2.72. The Labute approximate surface area is 167 Å². The Hall–Kier alpha value is -2.82. The minimum Gasteiger partial charge on any atom is -0.372 e. The smallest absolute Gasteiger partial charge is 0.240 e. The van der Waals surface area contributed by atoms with Crippen molar-refractivity contribution in [3.05, 3.63) is 59.7 Å². The molecule has 0 aromatic heterocycles. The van der Waals surface area contributed by atoms with Crippen LogP contribution in [0.1, 0.15) is 37.3 Å². The van der Waals surface area contributed by atoms with Crippen molar-refractivity contribution in [3.63, 3.8) is 0 Å². The van der Waals surface area contributed by atoms with Gasteiger partial charge in [-0.15, -0.1) is 0 Å². The van der Waals surface area contributed by atoms with Crippen LogP contribution in [-0.4, -0.2) is 31.4 Å². The van der Waals surface area contributed by atoms with Gasteiger partial charge in [0.25, 0.3) is 0 Å². The monoisotopic (exact) mass is 379 g/mol. The quantitative estimate of drug-likeness (QED) is 0.833. The van der Waals surface area contributed by atoms with Crippen LogP contribution in [0.4, 0.5) is 11.4 Å². The Morgan fingerprint density at radius 2 is 1.61 bits per heavy atom. The van der Waals surface area contributed by atoms with E-state index in [-0.39, 0.29) is 18.4 Å². The summed E-state index contributed by atoms with van der Waals surface area (Å²) >= 11 is 0. The van der Waals surface area contributed by atoms with E-state index in [9.17, 15) is 9.59 Å². The third kappa shape index (κ3) is 5.35. The van der Waals surface area contributed by atoms with Crippen LogP contribution in [0.5, 0.6) is 0 Å². The molecule has 1 saturated heterocycles. The van der Waals surface area contributed by atoms with Gasteiger partial charge in [0.1, 0.15) is 6.54 Å². The first kappa shape index (κ1) is 19.9. The number of nitrogens with one attached hydrogen (secondary N) is 1. The lowest BCUT2D eigenvalue weighted by Gasteiger charge is -2.29. The van der Waals surface area contributed by atoms with Crippen LogP contribution in [0.15, 0.2) is 48.5 Å². The Bertz CT molecular complexity index is 794. The molecule has 2 aromatic rings. The minimum absolute atomic E-state index is 0.0181. The van der Waals surface area contributed by atoms with Crippen molar-refractivity contribution in [2.75, 3.05) is 29.4 Å². The van der Waals surface area contributed by atoms with Gasteiger partial charge in [-0.25, -0.2) is 0 Å². The summed E-state index contributed by atoms with van der Waals surface area (Å²) in [6.07, 6.45) is 3.75. The SMILES string of the molecule is CC(=O)N(CC(=O)NCc1ccc(C)cc1)c1ccc(N2CCCCC2)cc1. The first-order chi connectivity index (χ1) is 13.5. The number of carbonyl (C=O) groups excluding carboxylic acids is 2. The molecule has 2 aromatic carbocycles. The lowest BCUT2D eigenvalue weighted by molar-refractivity contribution is -0.123. The highest BCUT2D eigenvalue weighted by atomic mass is 16.2. The van der Waals surface area contributed by atoms with Crippen LogP contribution in [0.2, 0.25) is 0 Å². The highest BCUT2D eigenvalue weighted by Gasteiger charge is 2.17. The van der Waals surface area contributed by atoms with Crippen molar-refractivity contribution in [1.29, 1.82) is 0 Å². The van der Waals surface area contributed by atoms with Crippen LogP contribution in [-0.2, 0) is 16.1 Å². The van der Waals surface area contributed by atoms with E-state index in [4.69, 9.17) is 0 Å². The third-order valence-corrected chi connectivity index (χ3v) is 5.17. The number of hydrogen-bond donors (Lipinski definition) is 1. The van der Waals surface area contributed by atoms with Gasteiger partial charge in [-0.05, 0) is 56.0 Å². The van der Waals surface area contributed by atoms with E-state index in [1.165, 1.54) is 42.3 Å². The summed E-state index contributed by atoms with van der Waals surface area (Å²) in [4.78, 5) is 28.4. The molecule has 1 heterocycles. The van der Waals surface area contributed by atoms with Crippen molar-refractivity contribution < 1.29 is 9.59 Å². The van der Waals surface area contributed by atoms with Gasteiger partial charge in [0.05, 0.1) is 0 Å². The summed E-state index contributed by atoms with van der Waals surface area (Å²) in [6.45, 7) is 6.16. The first-order valence-electron chi connectivity index (χ1n) is 9.98. The van der Waals surface area contributed by atoms with Crippen molar-refractivity contribution in [2.24, 2.45) is 0 Å². The average molecular weight is 380 g/mol. The molecule has 5 nitrogen and oxygen atoms in total. The van der Waals surface area contributed by atoms with E-state index in [0.29, 0.717) is 6.54 Å². The molecule has 1 aliphatic heterocycles. The predicted octanol–water partition coefficient (Wildman–Crippen LogP) is 3.65. The fourth-order valence-corrected chi connectivity index (χ4v) is 3.49. The van der Waals surface area contributed by atoms with Crippen LogP contribution in [0.25, 0.3) is 0 Å². The number of benzene rings is 2. The molecule has 0 saturated carbocycles. The minimum atomic E-state index is -0.170. The molecule has 0 spiro atoms. The van der Waals surface area contributed by atoms with E-state index in [1.807, 2.05) is 55.5 Å². The fraction of sp³-hybridized carbons (Fsp3) is 0.391. The Morgan fingerprint density at radius 3 is 2.21 bits per heavy atom. The van der Waals surface area contributed by atoms with Gasteiger partial charge >= 0.3 is 0 Å². The molecule has 148 valence electrons. The van der Waals surface area contributed by atoms with Crippen molar-refractivity contribution >= 4 is 23.2 Å². The topological polar surface area (TPSA) is 52.7 Å². The molecule has 1 fully saturated rings. The summed E-state index contributed by atoms with van der Waals surface area (Å²) < 4.78 is 0. The lowest BCUT2D eigenvalue weighted by atomic mass is 10.1.